The summed E-state index contributed by atoms with van der Waals surface area (Å²) in [6.45, 7) is 4.61. The van der Waals surface area contributed by atoms with E-state index in [2.05, 4.69) is 24.2 Å². The van der Waals surface area contributed by atoms with Crippen molar-refractivity contribution >= 4 is 0 Å². The fourth-order valence-corrected chi connectivity index (χ4v) is 2.60. The molecule has 0 aliphatic heterocycles. The van der Waals surface area contributed by atoms with Crippen molar-refractivity contribution in [3.63, 3.8) is 0 Å². The lowest BCUT2D eigenvalue weighted by Crippen LogP contribution is -2.43. The van der Waals surface area contributed by atoms with Crippen LogP contribution < -0.4 is 5.32 Å². The summed E-state index contributed by atoms with van der Waals surface area (Å²) in [5.41, 5.74) is 0. The number of nitrogens with zero attached hydrogens (tertiary/aromatic N) is 1. The first-order valence-electron chi connectivity index (χ1n) is 6.82. The van der Waals surface area contributed by atoms with Crippen molar-refractivity contribution in [1.29, 1.82) is 0 Å². The first-order chi connectivity index (χ1) is 7.77. The molecule has 1 aliphatic carbocycles. The maximum Gasteiger partial charge on any atom is 0.0446 e. The van der Waals surface area contributed by atoms with Crippen LogP contribution in [0.3, 0.4) is 0 Å². The molecule has 0 amide bonds. The van der Waals surface area contributed by atoms with Gasteiger partial charge in [-0.2, -0.15) is 0 Å². The van der Waals surface area contributed by atoms with Gasteiger partial charge in [0.05, 0.1) is 0 Å². The topological polar surface area (TPSA) is 35.5 Å². The Kier molecular flexibility index (Phi) is 7.01. The predicted octanol–water partition coefficient (Wildman–Crippen LogP) is 1.61. The second kappa shape index (κ2) is 8.04. The third-order valence-electron chi connectivity index (χ3n) is 3.62. The van der Waals surface area contributed by atoms with Crippen LogP contribution in [-0.2, 0) is 0 Å². The van der Waals surface area contributed by atoms with Gasteiger partial charge >= 0.3 is 0 Å². The molecule has 1 aliphatic rings. The summed E-state index contributed by atoms with van der Waals surface area (Å²) >= 11 is 0. The molecule has 0 bridgehead atoms. The Bertz CT molecular complexity index is 169. The Hall–Kier alpha value is -0.120. The van der Waals surface area contributed by atoms with E-state index < -0.39 is 0 Å². The molecule has 1 rings (SSSR count). The summed E-state index contributed by atoms with van der Waals surface area (Å²) in [5, 5.41) is 12.6. The molecule has 3 nitrogen and oxygen atoms in total. The monoisotopic (exact) mass is 228 g/mol. The number of likely N-dealkylation sites (N-methyl/N-ethyl adjacent to an activating group) is 1. The molecular formula is C13H28N2O. The number of aliphatic hydroxyl groups is 1. The summed E-state index contributed by atoms with van der Waals surface area (Å²) in [4.78, 5) is 2.48. The standard InChI is InChI=1S/C13H28N2O/c1-3-9-14-12(8-10-16)11-15(2)13-6-4-5-7-13/h12-14,16H,3-11H2,1-2H3. The fourth-order valence-electron chi connectivity index (χ4n) is 2.60. The van der Waals surface area contributed by atoms with E-state index in [1.54, 1.807) is 0 Å². The Morgan fingerprint density at radius 2 is 2.06 bits per heavy atom. The smallest absolute Gasteiger partial charge is 0.0446 e. The first-order valence-corrected chi connectivity index (χ1v) is 6.82. The van der Waals surface area contributed by atoms with Gasteiger partial charge in [-0.1, -0.05) is 19.8 Å². The summed E-state index contributed by atoms with van der Waals surface area (Å²) in [5.74, 6) is 0. The molecule has 0 radical (unpaired) electrons. The number of hydrogen-bond donors (Lipinski definition) is 2. The molecule has 0 aromatic heterocycles. The van der Waals surface area contributed by atoms with E-state index in [0.717, 1.165) is 32.0 Å². The lowest BCUT2D eigenvalue weighted by atomic mass is 10.1. The maximum atomic E-state index is 9.06. The van der Waals surface area contributed by atoms with E-state index in [1.165, 1.54) is 25.7 Å². The van der Waals surface area contributed by atoms with Crippen molar-refractivity contribution in [2.45, 2.75) is 57.5 Å². The van der Waals surface area contributed by atoms with Gasteiger partial charge in [0.1, 0.15) is 0 Å². The van der Waals surface area contributed by atoms with Gasteiger partial charge in [-0.3, -0.25) is 0 Å². The summed E-state index contributed by atoms with van der Waals surface area (Å²) in [6, 6.07) is 1.24. The highest BCUT2D eigenvalue weighted by atomic mass is 16.3. The van der Waals surface area contributed by atoms with Crippen LogP contribution in [-0.4, -0.2) is 48.8 Å². The van der Waals surface area contributed by atoms with E-state index >= 15 is 0 Å². The van der Waals surface area contributed by atoms with Crippen LogP contribution >= 0.6 is 0 Å². The number of hydrogen-bond acceptors (Lipinski definition) is 3. The molecule has 0 aromatic carbocycles. The molecule has 3 heteroatoms. The third kappa shape index (κ3) is 4.81. The number of rotatable bonds is 8. The van der Waals surface area contributed by atoms with Gasteiger partial charge in [0.25, 0.3) is 0 Å². The van der Waals surface area contributed by atoms with Gasteiger partial charge in [0.2, 0.25) is 0 Å². The molecular weight excluding hydrogens is 200 g/mol. The van der Waals surface area contributed by atoms with E-state index in [1.807, 2.05) is 0 Å². The molecule has 0 spiro atoms. The van der Waals surface area contributed by atoms with Crippen LogP contribution in [0.5, 0.6) is 0 Å². The van der Waals surface area contributed by atoms with Gasteiger partial charge in [-0.25, -0.2) is 0 Å². The second-order valence-corrected chi connectivity index (χ2v) is 5.04. The van der Waals surface area contributed by atoms with Crippen LogP contribution in [0.2, 0.25) is 0 Å². The van der Waals surface area contributed by atoms with Crippen LogP contribution in [0.25, 0.3) is 0 Å². The Morgan fingerprint density at radius 1 is 1.38 bits per heavy atom. The third-order valence-corrected chi connectivity index (χ3v) is 3.62. The zero-order valence-corrected chi connectivity index (χ0v) is 10.9. The predicted molar refractivity (Wildman–Crippen MR) is 68.7 cm³/mol. The molecule has 0 aromatic rings. The lowest BCUT2D eigenvalue weighted by Gasteiger charge is -2.29. The Labute approximate surface area is 100 Å². The number of aliphatic hydroxyl groups excluding tert-OH is 1. The molecule has 1 atom stereocenters. The minimum absolute atomic E-state index is 0.292. The van der Waals surface area contributed by atoms with Gasteiger partial charge in [-0.05, 0) is 39.3 Å². The van der Waals surface area contributed by atoms with Crippen LogP contribution in [0, 0.1) is 0 Å². The average Bonchev–Trinajstić information content (AvgIpc) is 2.79. The van der Waals surface area contributed by atoms with Crippen molar-refractivity contribution in [3.8, 4) is 0 Å². The quantitative estimate of drug-likeness (QED) is 0.662. The van der Waals surface area contributed by atoms with Gasteiger partial charge in [0, 0.05) is 25.2 Å². The average molecular weight is 228 g/mol. The van der Waals surface area contributed by atoms with Gasteiger partial charge in [-0.15, -0.1) is 0 Å². The lowest BCUT2D eigenvalue weighted by molar-refractivity contribution is 0.193. The van der Waals surface area contributed by atoms with E-state index in [0.29, 0.717) is 12.6 Å². The fraction of sp³-hybridized carbons (Fsp3) is 1.00. The van der Waals surface area contributed by atoms with Crippen LogP contribution in [0.1, 0.15) is 45.4 Å². The van der Waals surface area contributed by atoms with E-state index in [-0.39, 0.29) is 0 Å². The summed E-state index contributed by atoms with van der Waals surface area (Å²) in [6.07, 6.45) is 7.53. The minimum atomic E-state index is 0.292. The van der Waals surface area contributed by atoms with Crippen molar-refractivity contribution in [2.24, 2.45) is 0 Å². The van der Waals surface area contributed by atoms with Gasteiger partial charge in [0.15, 0.2) is 0 Å². The molecule has 16 heavy (non-hydrogen) atoms. The van der Waals surface area contributed by atoms with Crippen molar-refractivity contribution in [1.82, 2.24) is 10.2 Å². The van der Waals surface area contributed by atoms with E-state index in [9.17, 15) is 0 Å². The highest BCUT2D eigenvalue weighted by molar-refractivity contribution is 4.79. The zero-order chi connectivity index (χ0) is 11.8. The SMILES string of the molecule is CCCNC(CCO)CN(C)C1CCCC1. The first kappa shape index (κ1) is 13.9. The molecule has 1 unspecified atom stereocenters. The summed E-state index contributed by atoms with van der Waals surface area (Å²) < 4.78 is 0. The number of nitrogens with one attached hydrogen (secondary N) is 1. The highest BCUT2D eigenvalue weighted by Gasteiger charge is 2.21. The van der Waals surface area contributed by atoms with Crippen molar-refractivity contribution in [2.75, 3.05) is 26.7 Å². The summed E-state index contributed by atoms with van der Waals surface area (Å²) in [7, 11) is 2.23. The minimum Gasteiger partial charge on any atom is -0.396 e. The van der Waals surface area contributed by atoms with Crippen LogP contribution in [0.15, 0.2) is 0 Å². The molecule has 0 saturated heterocycles. The second-order valence-electron chi connectivity index (χ2n) is 5.04. The Morgan fingerprint density at radius 3 is 2.62 bits per heavy atom. The zero-order valence-electron chi connectivity index (χ0n) is 10.9. The Balaban J connectivity index is 2.27. The van der Waals surface area contributed by atoms with Crippen LogP contribution in [0.4, 0.5) is 0 Å². The molecule has 1 fully saturated rings. The largest absolute Gasteiger partial charge is 0.396 e. The van der Waals surface area contributed by atoms with Crippen molar-refractivity contribution in [3.05, 3.63) is 0 Å². The maximum absolute atomic E-state index is 9.06. The molecule has 0 heterocycles. The normalized spacial score (nSPS) is 19.5. The van der Waals surface area contributed by atoms with Crippen molar-refractivity contribution < 1.29 is 5.11 Å². The highest BCUT2D eigenvalue weighted by Crippen LogP contribution is 2.22. The van der Waals surface area contributed by atoms with E-state index in [4.69, 9.17) is 5.11 Å². The molecule has 2 N–H and O–H groups in total. The molecule has 96 valence electrons. The molecule has 1 saturated carbocycles. The van der Waals surface area contributed by atoms with Gasteiger partial charge < -0.3 is 15.3 Å².